The summed E-state index contributed by atoms with van der Waals surface area (Å²) in [5.41, 5.74) is 1.52. The SMILES string of the molecule is Cc1cc(Br)ccc1C(=O)NCC(O)COCC1CC1. The number of ether oxygens (including phenoxy) is 1. The average molecular weight is 342 g/mol. The molecule has 1 aromatic carbocycles. The number of halogens is 1. The number of hydrogen-bond donors (Lipinski definition) is 2. The van der Waals surface area contributed by atoms with Crippen LogP contribution in [0.5, 0.6) is 0 Å². The predicted octanol–water partition coefficient (Wildman–Crippen LogP) is 2.27. The zero-order chi connectivity index (χ0) is 14.5. The van der Waals surface area contributed by atoms with Gasteiger partial charge in [-0.2, -0.15) is 0 Å². The number of aliphatic hydroxyl groups excluding tert-OH is 1. The fourth-order valence-electron chi connectivity index (χ4n) is 1.90. The molecular weight excluding hydrogens is 322 g/mol. The molecule has 0 spiro atoms. The fourth-order valence-corrected chi connectivity index (χ4v) is 2.38. The van der Waals surface area contributed by atoms with Gasteiger partial charge in [-0.3, -0.25) is 4.79 Å². The fraction of sp³-hybridized carbons (Fsp3) is 0.533. The van der Waals surface area contributed by atoms with Crippen molar-refractivity contribution in [3.8, 4) is 0 Å². The van der Waals surface area contributed by atoms with Crippen molar-refractivity contribution >= 4 is 21.8 Å². The van der Waals surface area contributed by atoms with Gasteiger partial charge < -0.3 is 15.2 Å². The molecule has 0 aromatic heterocycles. The molecule has 1 fully saturated rings. The highest BCUT2D eigenvalue weighted by molar-refractivity contribution is 9.10. The van der Waals surface area contributed by atoms with Gasteiger partial charge in [0.15, 0.2) is 0 Å². The molecule has 1 unspecified atom stereocenters. The molecule has 0 heterocycles. The third kappa shape index (κ3) is 4.89. The highest BCUT2D eigenvalue weighted by atomic mass is 79.9. The van der Waals surface area contributed by atoms with Crippen LogP contribution in [-0.2, 0) is 4.74 Å². The number of hydrogen-bond acceptors (Lipinski definition) is 3. The van der Waals surface area contributed by atoms with Crippen LogP contribution < -0.4 is 5.32 Å². The van der Waals surface area contributed by atoms with E-state index in [4.69, 9.17) is 4.74 Å². The van der Waals surface area contributed by atoms with E-state index in [0.29, 0.717) is 11.5 Å². The molecule has 1 amide bonds. The van der Waals surface area contributed by atoms with Crippen molar-refractivity contribution in [3.05, 3.63) is 33.8 Å². The minimum atomic E-state index is -0.659. The summed E-state index contributed by atoms with van der Waals surface area (Å²) >= 11 is 3.36. The number of aryl methyl sites for hydroxylation is 1. The first-order chi connectivity index (χ1) is 9.56. The zero-order valence-corrected chi connectivity index (χ0v) is 13.1. The number of carbonyl (C=O) groups is 1. The van der Waals surface area contributed by atoms with Crippen molar-refractivity contribution in [1.82, 2.24) is 5.32 Å². The summed E-state index contributed by atoms with van der Waals surface area (Å²) in [5.74, 6) is 0.512. The van der Waals surface area contributed by atoms with E-state index < -0.39 is 6.10 Å². The first kappa shape index (κ1) is 15.5. The van der Waals surface area contributed by atoms with Crippen LogP contribution in [0.15, 0.2) is 22.7 Å². The van der Waals surface area contributed by atoms with Crippen LogP contribution >= 0.6 is 15.9 Å². The smallest absolute Gasteiger partial charge is 0.251 e. The van der Waals surface area contributed by atoms with E-state index in [1.54, 1.807) is 6.07 Å². The van der Waals surface area contributed by atoms with Crippen LogP contribution in [-0.4, -0.2) is 36.9 Å². The second-order valence-corrected chi connectivity index (χ2v) is 6.22. The number of benzene rings is 1. The maximum atomic E-state index is 12.0. The van der Waals surface area contributed by atoms with Crippen LogP contribution in [0.2, 0.25) is 0 Å². The van der Waals surface area contributed by atoms with E-state index in [0.717, 1.165) is 16.6 Å². The van der Waals surface area contributed by atoms with Gasteiger partial charge >= 0.3 is 0 Å². The standard InChI is InChI=1S/C15H20BrNO3/c1-10-6-12(16)4-5-14(10)15(19)17-7-13(18)9-20-8-11-2-3-11/h4-6,11,13,18H,2-3,7-9H2,1H3,(H,17,19). The molecule has 2 rings (SSSR count). The van der Waals surface area contributed by atoms with E-state index in [-0.39, 0.29) is 19.1 Å². The second kappa shape index (κ2) is 7.20. The predicted molar refractivity (Wildman–Crippen MR) is 80.8 cm³/mol. The van der Waals surface area contributed by atoms with E-state index in [9.17, 15) is 9.90 Å². The van der Waals surface area contributed by atoms with E-state index in [2.05, 4.69) is 21.2 Å². The van der Waals surface area contributed by atoms with Crippen molar-refractivity contribution < 1.29 is 14.6 Å². The molecule has 1 aliphatic carbocycles. The maximum Gasteiger partial charge on any atom is 0.251 e. The van der Waals surface area contributed by atoms with Gasteiger partial charge in [-0.25, -0.2) is 0 Å². The lowest BCUT2D eigenvalue weighted by Crippen LogP contribution is -2.35. The summed E-state index contributed by atoms with van der Waals surface area (Å²) < 4.78 is 6.33. The number of aliphatic hydroxyl groups is 1. The monoisotopic (exact) mass is 341 g/mol. The molecule has 0 bridgehead atoms. The molecule has 2 N–H and O–H groups in total. The minimum absolute atomic E-state index is 0.170. The molecule has 20 heavy (non-hydrogen) atoms. The van der Waals surface area contributed by atoms with Gasteiger partial charge in [-0.05, 0) is 49.4 Å². The molecule has 1 aromatic rings. The van der Waals surface area contributed by atoms with E-state index >= 15 is 0 Å². The van der Waals surface area contributed by atoms with Gasteiger partial charge in [-0.15, -0.1) is 0 Å². The Morgan fingerprint density at radius 3 is 2.95 bits per heavy atom. The number of nitrogens with one attached hydrogen (secondary N) is 1. The van der Waals surface area contributed by atoms with Crippen molar-refractivity contribution in [1.29, 1.82) is 0 Å². The third-order valence-corrected chi connectivity index (χ3v) is 3.79. The first-order valence-electron chi connectivity index (χ1n) is 6.86. The van der Waals surface area contributed by atoms with Gasteiger partial charge in [0.1, 0.15) is 0 Å². The van der Waals surface area contributed by atoms with Gasteiger partial charge in [0.2, 0.25) is 0 Å². The van der Waals surface area contributed by atoms with Gasteiger partial charge in [0.05, 0.1) is 12.7 Å². The Bertz CT molecular complexity index is 474. The quantitative estimate of drug-likeness (QED) is 0.799. The lowest BCUT2D eigenvalue weighted by Gasteiger charge is -2.13. The van der Waals surface area contributed by atoms with Gasteiger partial charge in [0, 0.05) is 23.2 Å². The van der Waals surface area contributed by atoms with Gasteiger partial charge in [0.25, 0.3) is 5.91 Å². The zero-order valence-electron chi connectivity index (χ0n) is 11.6. The molecule has 4 nitrogen and oxygen atoms in total. The Balaban J connectivity index is 1.72. The minimum Gasteiger partial charge on any atom is -0.389 e. The second-order valence-electron chi connectivity index (χ2n) is 5.30. The Hall–Kier alpha value is -0.910. The molecule has 110 valence electrons. The molecular formula is C15H20BrNO3. The lowest BCUT2D eigenvalue weighted by atomic mass is 10.1. The molecule has 1 aliphatic rings. The van der Waals surface area contributed by atoms with Crippen LogP contribution in [0.25, 0.3) is 0 Å². The summed E-state index contributed by atoms with van der Waals surface area (Å²) in [6.45, 7) is 3.08. The Kier molecular flexibility index (Phi) is 5.57. The van der Waals surface area contributed by atoms with Crippen molar-refractivity contribution in [2.24, 2.45) is 5.92 Å². The number of carbonyl (C=O) groups excluding carboxylic acids is 1. The van der Waals surface area contributed by atoms with Crippen molar-refractivity contribution in [2.75, 3.05) is 19.8 Å². The molecule has 0 saturated heterocycles. The number of rotatable bonds is 7. The summed E-state index contributed by atoms with van der Waals surface area (Å²) in [4.78, 5) is 12.0. The third-order valence-electron chi connectivity index (χ3n) is 3.29. The lowest BCUT2D eigenvalue weighted by molar-refractivity contribution is 0.0320. The van der Waals surface area contributed by atoms with Crippen molar-refractivity contribution in [3.63, 3.8) is 0 Å². The largest absolute Gasteiger partial charge is 0.389 e. The topological polar surface area (TPSA) is 58.6 Å². The molecule has 5 heteroatoms. The summed E-state index contributed by atoms with van der Waals surface area (Å²) in [5, 5.41) is 12.5. The maximum absolute atomic E-state index is 12.0. The summed E-state index contributed by atoms with van der Waals surface area (Å²) in [7, 11) is 0. The van der Waals surface area contributed by atoms with E-state index in [1.165, 1.54) is 12.8 Å². The Morgan fingerprint density at radius 2 is 2.30 bits per heavy atom. The average Bonchev–Trinajstić information content (AvgIpc) is 3.20. The van der Waals surface area contributed by atoms with Crippen LogP contribution in [0.4, 0.5) is 0 Å². The van der Waals surface area contributed by atoms with Crippen LogP contribution in [0, 0.1) is 12.8 Å². The highest BCUT2D eigenvalue weighted by Gasteiger charge is 2.21. The molecule has 0 aliphatic heterocycles. The van der Waals surface area contributed by atoms with Crippen molar-refractivity contribution in [2.45, 2.75) is 25.9 Å². The molecule has 1 saturated carbocycles. The van der Waals surface area contributed by atoms with Crippen LogP contribution in [0.1, 0.15) is 28.8 Å². The first-order valence-corrected chi connectivity index (χ1v) is 7.65. The summed E-state index contributed by atoms with van der Waals surface area (Å²) in [6, 6.07) is 5.49. The van der Waals surface area contributed by atoms with Crippen LogP contribution in [0.3, 0.4) is 0 Å². The highest BCUT2D eigenvalue weighted by Crippen LogP contribution is 2.28. The van der Waals surface area contributed by atoms with Gasteiger partial charge in [-0.1, -0.05) is 15.9 Å². The molecule has 0 radical (unpaired) electrons. The normalized spacial score (nSPS) is 15.9. The number of amides is 1. The van der Waals surface area contributed by atoms with E-state index in [1.807, 2.05) is 19.1 Å². The Labute approximate surface area is 127 Å². The Morgan fingerprint density at radius 1 is 1.55 bits per heavy atom. The molecule has 1 atom stereocenters. The summed E-state index contributed by atoms with van der Waals surface area (Å²) in [6.07, 6.45) is 1.80.